The third-order valence-electron chi connectivity index (χ3n) is 5.22. The van der Waals surface area contributed by atoms with Gasteiger partial charge >= 0.3 is 0 Å². The highest BCUT2D eigenvalue weighted by atomic mass is 16.5. The number of rotatable bonds is 5. The molecular weight excluding hydrogens is 314 g/mol. The first-order chi connectivity index (χ1) is 12.2. The Morgan fingerprint density at radius 1 is 1.24 bits per heavy atom. The van der Waals surface area contributed by atoms with Crippen molar-refractivity contribution < 1.29 is 9.53 Å². The summed E-state index contributed by atoms with van der Waals surface area (Å²) in [6.45, 7) is 4.38. The van der Waals surface area contributed by atoms with Gasteiger partial charge in [-0.25, -0.2) is 4.98 Å². The molecule has 0 bridgehead atoms. The third kappa shape index (κ3) is 3.70. The van der Waals surface area contributed by atoms with Gasteiger partial charge in [0.1, 0.15) is 11.6 Å². The second kappa shape index (κ2) is 6.90. The molecule has 0 unspecified atom stereocenters. The first kappa shape index (κ1) is 16.2. The lowest BCUT2D eigenvalue weighted by molar-refractivity contribution is 0.0678. The number of hydrogen-bond acceptors (Lipinski definition) is 3. The van der Waals surface area contributed by atoms with Gasteiger partial charge < -0.3 is 14.2 Å². The minimum atomic E-state index is 0.108. The number of likely N-dealkylation sites (tertiary alicyclic amines) is 1. The van der Waals surface area contributed by atoms with Crippen molar-refractivity contribution in [2.75, 3.05) is 19.7 Å². The smallest absolute Gasteiger partial charge is 0.253 e. The number of imidazole rings is 1. The highest BCUT2D eigenvalue weighted by Gasteiger charge is 2.26. The van der Waals surface area contributed by atoms with E-state index in [4.69, 9.17) is 4.74 Å². The van der Waals surface area contributed by atoms with Gasteiger partial charge in [0.05, 0.1) is 12.6 Å². The average molecular weight is 339 g/mol. The summed E-state index contributed by atoms with van der Waals surface area (Å²) in [5.41, 5.74) is 0.738. The lowest BCUT2D eigenvalue weighted by Gasteiger charge is -2.34. The molecule has 1 aromatic heterocycles. The Balaban J connectivity index is 1.40. The van der Waals surface area contributed by atoms with Crippen molar-refractivity contribution in [3.63, 3.8) is 0 Å². The molecule has 4 rings (SSSR count). The molecule has 1 aliphatic carbocycles. The number of carbonyl (C=O) groups is 1. The van der Waals surface area contributed by atoms with Gasteiger partial charge in [0.15, 0.2) is 0 Å². The van der Waals surface area contributed by atoms with Gasteiger partial charge in [-0.3, -0.25) is 4.79 Å². The second-order valence-electron chi connectivity index (χ2n) is 7.21. The molecule has 1 amide bonds. The van der Waals surface area contributed by atoms with Gasteiger partial charge in [-0.1, -0.05) is 0 Å². The molecule has 5 heteroatoms. The zero-order valence-electron chi connectivity index (χ0n) is 14.7. The summed E-state index contributed by atoms with van der Waals surface area (Å²) >= 11 is 0. The van der Waals surface area contributed by atoms with Crippen LogP contribution in [0.3, 0.4) is 0 Å². The second-order valence-corrected chi connectivity index (χ2v) is 7.21. The van der Waals surface area contributed by atoms with Crippen LogP contribution < -0.4 is 4.74 Å². The molecule has 2 fully saturated rings. The zero-order chi connectivity index (χ0) is 17.2. The number of aromatic nitrogens is 2. The third-order valence-corrected chi connectivity index (χ3v) is 5.22. The number of nitrogens with zero attached hydrogens (tertiary/aromatic N) is 3. The topological polar surface area (TPSA) is 47.4 Å². The average Bonchev–Trinajstić information content (AvgIpc) is 3.39. The van der Waals surface area contributed by atoms with Crippen molar-refractivity contribution in [3.8, 4) is 5.75 Å². The number of benzene rings is 1. The molecule has 1 aliphatic heterocycles. The van der Waals surface area contributed by atoms with Crippen LogP contribution in [0.2, 0.25) is 0 Å². The zero-order valence-corrected chi connectivity index (χ0v) is 14.7. The predicted molar refractivity (Wildman–Crippen MR) is 95.8 cm³/mol. The molecular formula is C20H25N3O2. The number of hydrogen-bond donors (Lipinski definition) is 0. The molecule has 1 saturated heterocycles. The molecule has 1 saturated carbocycles. The van der Waals surface area contributed by atoms with Crippen molar-refractivity contribution in [1.82, 2.24) is 14.5 Å². The number of ether oxygens (including phenoxy) is 1. The summed E-state index contributed by atoms with van der Waals surface area (Å²) in [5.74, 6) is 2.71. The van der Waals surface area contributed by atoms with Crippen LogP contribution in [0.5, 0.6) is 5.75 Å². The Bertz CT molecular complexity index is 734. The van der Waals surface area contributed by atoms with E-state index >= 15 is 0 Å². The summed E-state index contributed by atoms with van der Waals surface area (Å²) < 4.78 is 7.94. The molecule has 0 spiro atoms. The quantitative estimate of drug-likeness (QED) is 0.838. The normalized spacial score (nSPS) is 20.5. The van der Waals surface area contributed by atoms with Crippen molar-refractivity contribution >= 4 is 5.91 Å². The van der Waals surface area contributed by atoms with E-state index in [1.165, 1.54) is 12.8 Å². The molecule has 2 aliphatic rings. The Hall–Kier alpha value is -2.30. The highest BCUT2D eigenvalue weighted by molar-refractivity contribution is 5.94. The number of carbonyl (C=O) groups excluding carboxylic acids is 1. The van der Waals surface area contributed by atoms with E-state index in [1.54, 1.807) is 0 Å². The van der Waals surface area contributed by atoms with Gasteiger partial charge in [-0.05, 0) is 62.8 Å². The molecule has 132 valence electrons. The molecule has 25 heavy (non-hydrogen) atoms. The van der Waals surface area contributed by atoms with Crippen LogP contribution in [-0.2, 0) is 0 Å². The van der Waals surface area contributed by atoms with Crippen molar-refractivity contribution in [3.05, 3.63) is 48.0 Å². The summed E-state index contributed by atoms with van der Waals surface area (Å²) in [6.07, 6.45) is 8.52. The Morgan fingerprint density at radius 3 is 2.72 bits per heavy atom. The maximum absolute atomic E-state index is 12.8. The van der Waals surface area contributed by atoms with Crippen LogP contribution in [0.4, 0.5) is 0 Å². The first-order valence-electron chi connectivity index (χ1n) is 9.22. The molecule has 0 radical (unpaired) electrons. The molecule has 1 atom stereocenters. The number of amides is 1. The number of aryl methyl sites for hydroxylation is 1. The summed E-state index contributed by atoms with van der Waals surface area (Å²) in [5, 5.41) is 0. The standard InChI is InChI=1S/C20H25N3O2/c1-15-21-10-12-23(15)18-3-2-11-22(13-18)20(24)17-6-8-19(9-7-17)25-14-16-4-5-16/h6-10,12,16,18H,2-5,11,13-14H2,1H3/t18-/m1/s1. The van der Waals surface area contributed by atoms with E-state index in [-0.39, 0.29) is 5.91 Å². The Labute approximate surface area is 148 Å². The fraction of sp³-hybridized carbons (Fsp3) is 0.500. The molecule has 1 aromatic carbocycles. The minimum absolute atomic E-state index is 0.108. The summed E-state index contributed by atoms with van der Waals surface area (Å²) in [6, 6.07) is 7.92. The van der Waals surface area contributed by atoms with E-state index in [1.807, 2.05) is 48.5 Å². The monoisotopic (exact) mass is 339 g/mol. The minimum Gasteiger partial charge on any atom is -0.493 e. The summed E-state index contributed by atoms with van der Waals surface area (Å²) in [7, 11) is 0. The van der Waals surface area contributed by atoms with Crippen LogP contribution in [0, 0.1) is 12.8 Å². The van der Waals surface area contributed by atoms with Crippen LogP contribution in [0.15, 0.2) is 36.7 Å². The van der Waals surface area contributed by atoms with E-state index in [0.717, 1.165) is 55.6 Å². The summed E-state index contributed by atoms with van der Waals surface area (Å²) in [4.78, 5) is 19.1. The highest BCUT2D eigenvalue weighted by Crippen LogP contribution is 2.29. The van der Waals surface area contributed by atoms with E-state index in [0.29, 0.717) is 6.04 Å². The van der Waals surface area contributed by atoms with E-state index in [9.17, 15) is 4.79 Å². The van der Waals surface area contributed by atoms with Gasteiger partial charge in [-0.2, -0.15) is 0 Å². The van der Waals surface area contributed by atoms with Crippen LogP contribution in [0.1, 0.15) is 47.9 Å². The Kier molecular flexibility index (Phi) is 4.47. The predicted octanol–water partition coefficient (Wildman–Crippen LogP) is 3.46. The molecule has 2 aromatic rings. The van der Waals surface area contributed by atoms with Gasteiger partial charge in [-0.15, -0.1) is 0 Å². The van der Waals surface area contributed by atoms with Crippen LogP contribution in [-0.4, -0.2) is 40.1 Å². The fourth-order valence-corrected chi connectivity index (χ4v) is 3.51. The van der Waals surface area contributed by atoms with Crippen molar-refractivity contribution in [2.24, 2.45) is 5.92 Å². The first-order valence-corrected chi connectivity index (χ1v) is 9.22. The fourth-order valence-electron chi connectivity index (χ4n) is 3.51. The van der Waals surface area contributed by atoms with Crippen LogP contribution >= 0.6 is 0 Å². The van der Waals surface area contributed by atoms with E-state index in [2.05, 4.69) is 9.55 Å². The van der Waals surface area contributed by atoms with E-state index < -0.39 is 0 Å². The van der Waals surface area contributed by atoms with Gasteiger partial charge in [0.25, 0.3) is 5.91 Å². The van der Waals surface area contributed by atoms with Crippen molar-refractivity contribution in [1.29, 1.82) is 0 Å². The van der Waals surface area contributed by atoms with Gasteiger partial charge in [0.2, 0.25) is 0 Å². The van der Waals surface area contributed by atoms with Crippen molar-refractivity contribution in [2.45, 2.75) is 38.6 Å². The molecule has 0 N–H and O–H groups in total. The lowest BCUT2D eigenvalue weighted by atomic mass is 10.0. The molecule has 5 nitrogen and oxygen atoms in total. The maximum Gasteiger partial charge on any atom is 0.253 e. The Morgan fingerprint density at radius 2 is 2.04 bits per heavy atom. The van der Waals surface area contributed by atoms with Gasteiger partial charge in [0, 0.05) is 31.0 Å². The SMILES string of the molecule is Cc1nccn1[C@@H]1CCCN(C(=O)c2ccc(OCC3CC3)cc2)C1. The molecule has 2 heterocycles. The number of piperidine rings is 1. The maximum atomic E-state index is 12.8. The van der Waals surface area contributed by atoms with Crippen LogP contribution in [0.25, 0.3) is 0 Å². The lowest BCUT2D eigenvalue weighted by Crippen LogP contribution is -2.40. The largest absolute Gasteiger partial charge is 0.493 e.